The molecule has 0 radical (unpaired) electrons. The van der Waals surface area contributed by atoms with Crippen LogP contribution in [-0.4, -0.2) is 58.8 Å². The van der Waals surface area contributed by atoms with Gasteiger partial charge in [-0.25, -0.2) is 9.30 Å². The molecular weight excluding hydrogens is 444 g/mol. The highest BCUT2D eigenvalue weighted by Gasteiger charge is 2.26. The lowest BCUT2D eigenvalue weighted by atomic mass is 10.0. The Labute approximate surface area is 206 Å². The number of nitrogens with zero attached hydrogens (tertiary/aromatic N) is 3. The Balaban J connectivity index is 1.57. The lowest BCUT2D eigenvalue weighted by molar-refractivity contribution is -0.127. The number of amidine groups is 1. The van der Waals surface area contributed by atoms with Crippen LogP contribution in [0.25, 0.3) is 17.2 Å². The highest BCUT2D eigenvalue weighted by atomic mass is 32.2. The van der Waals surface area contributed by atoms with Crippen LogP contribution < -0.4 is 5.73 Å². The van der Waals surface area contributed by atoms with Gasteiger partial charge in [0.15, 0.2) is 0 Å². The van der Waals surface area contributed by atoms with Crippen LogP contribution in [0, 0.1) is 5.92 Å². The molecular formula is C27H34N4O2S. The SMILES string of the molecule is CCCN(CCC)C(=O)C1=Cc2ccc(-c3cccc(SN4CC(CO)C4)c3)cc2N=C(N)C1. The van der Waals surface area contributed by atoms with Crippen LogP contribution in [0.1, 0.15) is 38.7 Å². The fraction of sp³-hybridized carbons (Fsp3) is 0.407. The highest BCUT2D eigenvalue weighted by Crippen LogP contribution is 2.35. The summed E-state index contributed by atoms with van der Waals surface area (Å²) in [7, 11) is 0. The summed E-state index contributed by atoms with van der Waals surface area (Å²) < 4.78 is 2.27. The van der Waals surface area contributed by atoms with E-state index in [1.807, 2.05) is 17.0 Å². The summed E-state index contributed by atoms with van der Waals surface area (Å²) >= 11 is 1.73. The number of aliphatic hydroxyl groups is 1. The van der Waals surface area contributed by atoms with Crippen LogP contribution in [0.3, 0.4) is 0 Å². The van der Waals surface area contributed by atoms with Crippen molar-refractivity contribution in [3.63, 3.8) is 0 Å². The molecule has 3 N–H and O–H groups in total. The highest BCUT2D eigenvalue weighted by molar-refractivity contribution is 7.97. The number of fused-ring (bicyclic) bond motifs is 1. The quantitative estimate of drug-likeness (QED) is 0.510. The average molecular weight is 479 g/mol. The molecule has 0 saturated carbocycles. The summed E-state index contributed by atoms with van der Waals surface area (Å²) in [5.74, 6) is 0.909. The van der Waals surface area contributed by atoms with Crippen molar-refractivity contribution in [1.82, 2.24) is 9.21 Å². The van der Waals surface area contributed by atoms with E-state index in [-0.39, 0.29) is 12.5 Å². The van der Waals surface area contributed by atoms with Gasteiger partial charge in [0, 0.05) is 61.2 Å². The normalized spacial score (nSPS) is 16.2. The van der Waals surface area contributed by atoms with E-state index in [0.717, 1.165) is 61.4 Å². The molecule has 2 aliphatic heterocycles. The Bertz CT molecular complexity index is 1090. The number of aliphatic imine (C=N–C) groups is 1. The summed E-state index contributed by atoms with van der Waals surface area (Å²) in [6.07, 6.45) is 4.18. The molecule has 4 rings (SSSR count). The molecule has 0 unspecified atom stereocenters. The fourth-order valence-electron chi connectivity index (χ4n) is 4.36. The molecule has 34 heavy (non-hydrogen) atoms. The Morgan fingerprint density at radius 3 is 2.59 bits per heavy atom. The summed E-state index contributed by atoms with van der Waals surface area (Å²) in [5.41, 5.74) is 10.8. The van der Waals surface area contributed by atoms with Crippen molar-refractivity contribution in [1.29, 1.82) is 0 Å². The van der Waals surface area contributed by atoms with Crippen LogP contribution in [0.5, 0.6) is 0 Å². The molecule has 0 spiro atoms. The number of carbonyl (C=O) groups is 1. The molecule has 1 fully saturated rings. The number of amides is 1. The van der Waals surface area contributed by atoms with Gasteiger partial charge in [-0.3, -0.25) is 4.79 Å². The maximum atomic E-state index is 13.2. The predicted octanol–water partition coefficient (Wildman–Crippen LogP) is 4.71. The van der Waals surface area contributed by atoms with E-state index in [2.05, 4.69) is 59.5 Å². The molecule has 1 saturated heterocycles. The number of aliphatic hydroxyl groups excluding tert-OH is 1. The summed E-state index contributed by atoms with van der Waals surface area (Å²) in [4.78, 5) is 20.9. The van der Waals surface area contributed by atoms with Crippen LogP contribution >= 0.6 is 11.9 Å². The predicted molar refractivity (Wildman–Crippen MR) is 141 cm³/mol. The van der Waals surface area contributed by atoms with Crippen molar-refractivity contribution in [2.75, 3.05) is 32.8 Å². The van der Waals surface area contributed by atoms with E-state index in [0.29, 0.717) is 23.7 Å². The smallest absolute Gasteiger partial charge is 0.250 e. The zero-order valence-corrected chi connectivity index (χ0v) is 20.9. The Morgan fingerprint density at radius 2 is 1.88 bits per heavy atom. The summed E-state index contributed by atoms with van der Waals surface area (Å²) in [5, 5.41) is 9.24. The van der Waals surface area contributed by atoms with E-state index in [1.165, 1.54) is 4.90 Å². The first-order valence-electron chi connectivity index (χ1n) is 12.1. The van der Waals surface area contributed by atoms with Crippen molar-refractivity contribution in [2.24, 2.45) is 16.6 Å². The second-order valence-electron chi connectivity index (χ2n) is 9.03. The molecule has 0 aliphatic carbocycles. The van der Waals surface area contributed by atoms with Crippen molar-refractivity contribution in [2.45, 2.75) is 38.0 Å². The molecule has 0 aromatic heterocycles. The third-order valence-electron chi connectivity index (χ3n) is 6.13. The van der Waals surface area contributed by atoms with E-state index in [1.54, 1.807) is 11.9 Å². The van der Waals surface area contributed by atoms with Gasteiger partial charge in [0.05, 0.1) is 5.69 Å². The van der Waals surface area contributed by atoms with Crippen molar-refractivity contribution < 1.29 is 9.90 Å². The number of hydrogen-bond acceptors (Lipinski definition) is 6. The number of carbonyl (C=O) groups excluding carboxylic acids is 1. The van der Waals surface area contributed by atoms with E-state index < -0.39 is 0 Å². The average Bonchev–Trinajstić information content (AvgIpc) is 2.98. The molecule has 6 nitrogen and oxygen atoms in total. The topological polar surface area (TPSA) is 82.2 Å². The third-order valence-corrected chi connectivity index (χ3v) is 7.15. The van der Waals surface area contributed by atoms with Gasteiger partial charge in [-0.15, -0.1) is 0 Å². The van der Waals surface area contributed by atoms with Crippen molar-refractivity contribution >= 4 is 35.5 Å². The van der Waals surface area contributed by atoms with Crippen LogP contribution in [0.4, 0.5) is 5.69 Å². The number of hydrogen-bond donors (Lipinski definition) is 2. The van der Waals surface area contributed by atoms with Gasteiger partial charge < -0.3 is 15.7 Å². The van der Waals surface area contributed by atoms with E-state index in [9.17, 15) is 9.90 Å². The maximum Gasteiger partial charge on any atom is 0.250 e. The Kier molecular flexibility index (Phi) is 8.08. The first kappa shape index (κ1) is 24.5. The zero-order valence-electron chi connectivity index (χ0n) is 20.0. The van der Waals surface area contributed by atoms with E-state index in [4.69, 9.17) is 5.73 Å². The Hall–Kier alpha value is -2.61. The van der Waals surface area contributed by atoms with Crippen LogP contribution in [0.15, 0.2) is 57.9 Å². The standard InChI is InChI=1S/C27H34N4O2S/c1-3-10-30(11-4-2)27(33)23-12-22-9-8-21(14-25(22)29-26(28)15-23)20-6-5-7-24(13-20)34-31-16-19(17-31)18-32/h5-9,12-14,19,32H,3-4,10-11,15-18H2,1-2H3,(H2,28,29). The van der Waals surface area contributed by atoms with Gasteiger partial charge in [0.1, 0.15) is 5.84 Å². The van der Waals surface area contributed by atoms with E-state index >= 15 is 0 Å². The first-order valence-corrected chi connectivity index (χ1v) is 12.9. The van der Waals surface area contributed by atoms with Gasteiger partial charge in [0.2, 0.25) is 5.91 Å². The molecule has 2 heterocycles. The lowest BCUT2D eigenvalue weighted by Gasteiger charge is -2.36. The maximum absolute atomic E-state index is 13.2. The number of nitrogens with two attached hydrogens (primary N) is 1. The second kappa shape index (κ2) is 11.2. The zero-order chi connectivity index (χ0) is 24.1. The minimum absolute atomic E-state index is 0.0536. The molecule has 7 heteroatoms. The molecule has 1 amide bonds. The van der Waals surface area contributed by atoms with Gasteiger partial charge >= 0.3 is 0 Å². The monoisotopic (exact) mass is 478 g/mol. The number of benzene rings is 2. The lowest BCUT2D eigenvalue weighted by Crippen LogP contribution is -2.43. The molecule has 2 aromatic carbocycles. The molecule has 0 atom stereocenters. The first-order chi connectivity index (χ1) is 16.5. The third kappa shape index (κ3) is 5.71. The summed E-state index contributed by atoms with van der Waals surface area (Å²) in [6, 6.07) is 14.6. The van der Waals surface area contributed by atoms with Crippen molar-refractivity contribution in [3.8, 4) is 11.1 Å². The van der Waals surface area contributed by atoms with Gasteiger partial charge in [-0.1, -0.05) is 38.1 Å². The van der Waals surface area contributed by atoms with Gasteiger partial charge in [-0.2, -0.15) is 0 Å². The molecule has 2 aliphatic rings. The molecule has 180 valence electrons. The Morgan fingerprint density at radius 1 is 1.15 bits per heavy atom. The van der Waals surface area contributed by atoms with Gasteiger partial charge in [0.25, 0.3) is 0 Å². The van der Waals surface area contributed by atoms with Crippen LogP contribution in [0.2, 0.25) is 0 Å². The summed E-state index contributed by atoms with van der Waals surface area (Å²) in [6.45, 7) is 7.77. The molecule has 2 aromatic rings. The largest absolute Gasteiger partial charge is 0.396 e. The fourth-order valence-corrected chi connectivity index (χ4v) is 5.55. The second-order valence-corrected chi connectivity index (χ2v) is 10.2. The molecule has 0 bridgehead atoms. The minimum atomic E-state index is 0.0536. The number of rotatable bonds is 9. The van der Waals surface area contributed by atoms with Gasteiger partial charge in [-0.05, 0) is 60.2 Å². The van der Waals surface area contributed by atoms with Crippen LogP contribution in [-0.2, 0) is 4.79 Å². The minimum Gasteiger partial charge on any atom is -0.396 e. The van der Waals surface area contributed by atoms with Crippen molar-refractivity contribution in [3.05, 3.63) is 53.6 Å².